The van der Waals surface area contributed by atoms with Gasteiger partial charge in [-0.1, -0.05) is 62.4 Å². The molecule has 0 fully saturated rings. The molecule has 1 aromatic heterocycles. The minimum atomic E-state index is 0.235. The van der Waals surface area contributed by atoms with Gasteiger partial charge in [0.1, 0.15) is 22.5 Å². The Morgan fingerprint density at radius 1 is 0.885 bits per heavy atom. The van der Waals surface area contributed by atoms with E-state index in [1.54, 1.807) is 4.80 Å². The second-order valence-electron chi connectivity index (χ2n) is 6.84. The minimum absolute atomic E-state index is 0.235. The summed E-state index contributed by atoms with van der Waals surface area (Å²) in [5.41, 5.74) is 5.45. The van der Waals surface area contributed by atoms with Crippen LogP contribution in [-0.4, -0.2) is 20.1 Å². The fraction of sp³-hybridized carbons (Fsp3) is 0.182. The van der Waals surface area contributed by atoms with Gasteiger partial charge in [-0.2, -0.15) is 0 Å². The molecule has 4 heteroatoms. The first kappa shape index (κ1) is 16.3. The predicted octanol–water partition coefficient (Wildman–Crippen LogP) is 4.84. The van der Waals surface area contributed by atoms with Gasteiger partial charge in [0.15, 0.2) is 0 Å². The van der Waals surface area contributed by atoms with E-state index in [1.807, 2.05) is 48.5 Å². The number of phenolic OH excluding ortho intramolecular Hbond substituents is 1. The van der Waals surface area contributed by atoms with Gasteiger partial charge in [-0.3, -0.25) is 0 Å². The molecule has 0 saturated heterocycles. The zero-order valence-electron chi connectivity index (χ0n) is 14.9. The molecular formula is C22H21N3O. The second kappa shape index (κ2) is 6.64. The van der Waals surface area contributed by atoms with Gasteiger partial charge in [-0.25, -0.2) is 0 Å². The fourth-order valence-electron chi connectivity index (χ4n) is 3.11. The highest BCUT2D eigenvalue weighted by atomic mass is 16.3. The average Bonchev–Trinajstić information content (AvgIpc) is 3.08. The van der Waals surface area contributed by atoms with Crippen LogP contribution in [-0.2, 0) is 6.42 Å². The molecule has 3 aromatic carbocycles. The van der Waals surface area contributed by atoms with Crippen LogP contribution < -0.4 is 0 Å². The van der Waals surface area contributed by atoms with E-state index in [2.05, 4.69) is 42.2 Å². The molecule has 0 amide bonds. The van der Waals surface area contributed by atoms with Gasteiger partial charge in [0.05, 0.1) is 0 Å². The quantitative estimate of drug-likeness (QED) is 0.577. The standard InChI is InChI=1S/C22H21N3O/c1-15(2)17-13-18(12-16-8-4-3-5-9-16)22(26)21(14-17)25-23-19-10-6-7-11-20(19)24-25/h3-11,13-15,26H,12H2,1-2H3. The van der Waals surface area contributed by atoms with Crippen LogP contribution in [0.1, 0.15) is 36.5 Å². The van der Waals surface area contributed by atoms with Crippen molar-refractivity contribution >= 4 is 11.0 Å². The van der Waals surface area contributed by atoms with E-state index in [-0.39, 0.29) is 5.75 Å². The lowest BCUT2D eigenvalue weighted by Crippen LogP contribution is -2.04. The zero-order chi connectivity index (χ0) is 18.1. The maximum atomic E-state index is 10.9. The molecule has 4 nitrogen and oxygen atoms in total. The maximum Gasteiger partial charge on any atom is 0.146 e. The summed E-state index contributed by atoms with van der Waals surface area (Å²) in [6.07, 6.45) is 0.668. The molecule has 0 aliphatic rings. The molecule has 0 unspecified atom stereocenters. The highest BCUT2D eigenvalue weighted by Crippen LogP contribution is 2.32. The maximum absolute atomic E-state index is 10.9. The summed E-state index contributed by atoms with van der Waals surface area (Å²) >= 11 is 0. The van der Waals surface area contributed by atoms with Crippen molar-refractivity contribution in [2.24, 2.45) is 0 Å². The van der Waals surface area contributed by atoms with Gasteiger partial charge in [0.2, 0.25) is 0 Å². The van der Waals surface area contributed by atoms with E-state index in [4.69, 9.17) is 0 Å². The molecule has 1 heterocycles. The molecule has 0 radical (unpaired) electrons. The number of phenols is 1. The number of aromatic nitrogens is 3. The zero-order valence-corrected chi connectivity index (χ0v) is 14.9. The molecular weight excluding hydrogens is 322 g/mol. The van der Waals surface area contributed by atoms with Crippen molar-refractivity contribution in [1.29, 1.82) is 0 Å². The Hall–Kier alpha value is -3.14. The van der Waals surface area contributed by atoms with Crippen molar-refractivity contribution < 1.29 is 5.11 Å². The Balaban J connectivity index is 1.85. The normalized spacial score (nSPS) is 11.3. The summed E-state index contributed by atoms with van der Waals surface area (Å²) in [5.74, 6) is 0.576. The number of hydrogen-bond acceptors (Lipinski definition) is 3. The van der Waals surface area contributed by atoms with Crippen LogP contribution in [0.3, 0.4) is 0 Å². The number of rotatable bonds is 4. The third kappa shape index (κ3) is 3.06. The number of fused-ring (bicyclic) bond motifs is 1. The van der Waals surface area contributed by atoms with Crippen LogP contribution in [0.2, 0.25) is 0 Å². The first-order valence-corrected chi connectivity index (χ1v) is 8.84. The highest BCUT2D eigenvalue weighted by molar-refractivity contribution is 5.73. The van der Waals surface area contributed by atoms with Gasteiger partial charge < -0.3 is 5.11 Å². The molecule has 0 aliphatic carbocycles. The third-order valence-corrected chi connectivity index (χ3v) is 4.60. The molecule has 4 rings (SSSR count). The van der Waals surface area contributed by atoms with Crippen molar-refractivity contribution in [1.82, 2.24) is 15.0 Å². The fourth-order valence-corrected chi connectivity index (χ4v) is 3.11. The summed E-state index contributed by atoms with van der Waals surface area (Å²) in [4.78, 5) is 1.54. The van der Waals surface area contributed by atoms with Crippen LogP contribution in [0.15, 0.2) is 66.7 Å². The van der Waals surface area contributed by atoms with Crippen molar-refractivity contribution in [3.8, 4) is 11.4 Å². The number of aromatic hydroxyl groups is 1. The lowest BCUT2D eigenvalue weighted by molar-refractivity contribution is 0.461. The monoisotopic (exact) mass is 343 g/mol. The van der Waals surface area contributed by atoms with E-state index < -0.39 is 0 Å². The lowest BCUT2D eigenvalue weighted by atomic mass is 9.95. The van der Waals surface area contributed by atoms with Crippen molar-refractivity contribution in [3.05, 3.63) is 83.4 Å². The Morgan fingerprint density at radius 3 is 2.12 bits per heavy atom. The van der Waals surface area contributed by atoms with E-state index in [0.717, 1.165) is 27.7 Å². The van der Waals surface area contributed by atoms with Crippen molar-refractivity contribution in [2.75, 3.05) is 0 Å². The first-order chi connectivity index (χ1) is 12.6. The Labute approximate surface area is 152 Å². The first-order valence-electron chi connectivity index (χ1n) is 8.84. The van der Waals surface area contributed by atoms with Crippen molar-refractivity contribution in [3.63, 3.8) is 0 Å². The molecule has 0 bridgehead atoms. The topological polar surface area (TPSA) is 50.9 Å². The van der Waals surface area contributed by atoms with Gasteiger partial charge >= 0.3 is 0 Å². The van der Waals surface area contributed by atoms with Gasteiger partial charge in [-0.05, 0) is 35.2 Å². The summed E-state index contributed by atoms with van der Waals surface area (Å²) in [5, 5.41) is 20.0. The summed E-state index contributed by atoms with van der Waals surface area (Å²) in [6, 6.07) is 22.0. The molecule has 4 aromatic rings. The third-order valence-electron chi connectivity index (χ3n) is 4.60. The van der Waals surface area contributed by atoms with Crippen LogP contribution in [0.4, 0.5) is 0 Å². The molecule has 1 N–H and O–H groups in total. The largest absolute Gasteiger partial charge is 0.505 e. The van der Waals surface area contributed by atoms with E-state index in [9.17, 15) is 5.11 Å². The summed E-state index contributed by atoms with van der Waals surface area (Å²) in [7, 11) is 0. The van der Waals surface area contributed by atoms with Crippen LogP contribution in [0.25, 0.3) is 16.7 Å². The molecule has 0 saturated carbocycles. The number of benzene rings is 3. The van der Waals surface area contributed by atoms with E-state index in [0.29, 0.717) is 18.0 Å². The molecule has 0 spiro atoms. The van der Waals surface area contributed by atoms with Crippen molar-refractivity contribution in [2.45, 2.75) is 26.2 Å². The average molecular weight is 343 g/mol. The van der Waals surface area contributed by atoms with Crippen LogP contribution in [0.5, 0.6) is 5.75 Å². The predicted molar refractivity (Wildman–Crippen MR) is 104 cm³/mol. The Kier molecular flexibility index (Phi) is 4.17. The lowest BCUT2D eigenvalue weighted by Gasteiger charge is -2.14. The van der Waals surface area contributed by atoms with Crippen LogP contribution in [0, 0.1) is 0 Å². The summed E-state index contributed by atoms with van der Waals surface area (Å²) < 4.78 is 0. The van der Waals surface area contributed by atoms with Crippen LogP contribution >= 0.6 is 0 Å². The number of hydrogen-bond donors (Lipinski definition) is 1. The second-order valence-corrected chi connectivity index (χ2v) is 6.84. The van der Waals surface area contributed by atoms with Gasteiger partial charge in [0, 0.05) is 12.0 Å². The van der Waals surface area contributed by atoms with Gasteiger partial charge in [-0.15, -0.1) is 15.0 Å². The molecule has 26 heavy (non-hydrogen) atoms. The Morgan fingerprint density at radius 2 is 1.50 bits per heavy atom. The molecule has 130 valence electrons. The van der Waals surface area contributed by atoms with Gasteiger partial charge in [0.25, 0.3) is 0 Å². The number of nitrogens with zero attached hydrogens (tertiary/aromatic N) is 3. The van der Waals surface area contributed by atoms with E-state index >= 15 is 0 Å². The molecule has 0 aliphatic heterocycles. The minimum Gasteiger partial charge on any atom is -0.505 e. The SMILES string of the molecule is CC(C)c1cc(Cc2ccccc2)c(O)c(-n2nc3ccccc3n2)c1. The summed E-state index contributed by atoms with van der Waals surface area (Å²) in [6.45, 7) is 4.30. The Bertz CT molecular complexity index is 1020. The highest BCUT2D eigenvalue weighted by Gasteiger charge is 2.16. The van der Waals surface area contributed by atoms with E-state index in [1.165, 1.54) is 0 Å². The smallest absolute Gasteiger partial charge is 0.146 e. The molecule has 0 atom stereocenters.